The van der Waals surface area contributed by atoms with E-state index in [1.807, 2.05) is 12.1 Å². The van der Waals surface area contributed by atoms with Crippen molar-refractivity contribution >= 4 is 17.6 Å². The summed E-state index contributed by atoms with van der Waals surface area (Å²) in [6, 6.07) is 27.9. The summed E-state index contributed by atoms with van der Waals surface area (Å²) >= 11 is 0. The third kappa shape index (κ3) is 5.86. The number of amides is 1. The Bertz CT molecular complexity index is 1020. The maximum absolute atomic E-state index is 12.4. The molecular weight excluding hydrogens is 414 g/mol. The lowest BCUT2D eigenvalue weighted by Gasteiger charge is -2.39. The number of anilines is 1. The fourth-order valence-electron chi connectivity index (χ4n) is 4.38. The minimum absolute atomic E-state index is 0.104. The maximum atomic E-state index is 12.4. The van der Waals surface area contributed by atoms with E-state index >= 15 is 0 Å². The number of hydrogen-bond acceptors (Lipinski definition) is 4. The van der Waals surface area contributed by atoms with Gasteiger partial charge in [-0.25, -0.2) is 4.79 Å². The molecule has 2 N–H and O–H groups in total. The first kappa shape index (κ1) is 22.7. The Morgan fingerprint density at radius 2 is 1.33 bits per heavy atom. The zero-order chi connectivity index (χ0) is 23.0. The molecule has 0 radical (unpaired) electrons. The van der Waals surface area contributed by atoms with Crippen molar-refractivity contribution in [2.24, 2.45) is 0 Å². The third-order valence-electron chi connectivity index (χ3n) is 6.09. The highest BCUT2D eigenvalue weighted by molar-refractivity contribution is 6.00. The normalized spacial score (nSPS) is 14.8. The molecular formula is C27H29N3O3. The van der Waals surface area contributed by atoms with Crippen LogP contribution in [0.3, 0.4) is 0 Å². The van der Waals surface area contributed by atoms with Crippen LogP contribution in [0.25, 0.3) is 0 Å². The van der Waals surface area contributed by atoms with Gasteiger partial charge < -0.3 is 15.3 Å². The van der Waals surface area contributed by atoms with Gasteiger partial charge in [0.1, 0.15) is 0 Å². The Hall–Kier alpha value is -3.48. The molecule has 1 fully saturated rings. The van der Waals surface area contributed by atoms with E-state index in [9.17, 15) is 14.7 Å². The van der Waals surface area contributed by atoms with E-state index in [1.54, 1.807) is 18.2 Å². The van der Waals surface area contributed by atoms with E-state index in [0.29, 0.717) is 18.7 Å². The van der Waals surface area contributed by atoms with Gasteiger partial charge in [0.2, 0.25) is 5.91 Å². The van der Waals surface area contributed by atoms with Crippen LogP contribution in [0.2, 0.25) is 0 Å². The lowest BCUT2D eigenvalue weighted by atomic mass is 9.96. The van der Waals surface area contributed by atoms with Crippen LogP contribution in [0, 0.1) is 0 Å². The van der Waals surface area contributed by atoms with Gasteiger partial charge in [0.25, 0.3) is 0 Å². The Balaban J connectivity index is 1.33. The molecule has 1 aliphatic heterocycles. The number of carbonyl (C=O) groups excluding carboxylic acids is 1. The molecule has 3 aromatic rings. The highest BCUT2D eigenvalue weighted by Crippen LogP contribution is 2.29. The quantitative estimate of drug-likeness (QED) is 0.548. The van der Waals surface area contributed by atoms with Crippen molar-refractivity contribution in [2.45, 2.75) is 12.5 Å². The Morgan fingerprint density at radius 3 is 1.91 bits per heavy atom. The molecule has 6 heteroatoms. The van der Waals surface area contributed by atoms with E-state index in [-0.39, 0.29) is 17.5 Å². The zero-order valence-corrected chi connectivity index (χ0v) is 18.6. The first-order valence-corrected chi connectivity index (χ1v) is 11.3. The minimum Gasteiger partial charge on any atom is -0.478 e. The summed E-state index contributed by atoms with van der Waals surface area (Å²) in [5.41, 5.74) is 3.02. The molecule has 0 aromatic heterocycles. The molecule has 170 valence electrons. The fourth-order valence-corrected chi connectivity index (χ4v) is 4.38. The van der Waals surface area contributed by atoms with E-state index in [2.05, 4.69) is 63.6 Å². The van der Waals surface area contributed by atoms with Gasteiger partial charge in [0.15, 0.2) is 0 Å². The van der Waals surface area contributed by atoms with Crippen LogP contribution in [0.4, 0.5) is 5.69 Å². The number of carbonyl (C=O) groups is 2. The van der Waals surface area contributed by atoms with E-state index in [0.717, 1.165) is 26.2 Å². The molecule has 4 rings (SSSR count). The predicted molar refractivity (Wildman–Crippen MR) is 129 cm³/mol. The Kier molecular flexibility index (Phi) is 7.50. The SMILES string of the molecule is O=C(CCN1CCN(C(c2ccccc2)c2ccccc2)CC1)Nc1ccccc1C(=O)O. The van der Waals surface area contributed by atoms with E-state index in [4.69, 9.17) is 0 Å². The number of rotatable bonds is 8. The van der Waals surface area contributed by atoms with Gasteiger partial charge in [-0.2, -0.15) is 0 Å². The summed E-state index contributed by atoms with van der Waals surface area (Å²) < 4.78 is 0. The molecule has 6 nitrogen and oxygen atoms in total. The van der Waals surface area contributed by atoms with Gasteiger partial charge in [-0.1, -0.05) is 72.8 Å². The van der Waals surface area contributed by atoms with Crippen molar-refractivity contribution in [3.8, 4) is 0 Å². The molecule has 0 unspecified atom stereocenters. The molecule has 0 saturated carbocycles. The van der Waals surface area contributed by atoms with Crippen LogP contribution in [0.1, 0.15) is 33.9 Å². The van der Waals surface area contributed by atoms with Gasteiger partial charge >= 0.3 is 5.97 Å². The number of carboxylic acid groups (broad SMARTS) is 1. The van der Waals surface area contributed by atoms with Crippen LogP contribution in [0.5, 0.6) is 0 Å². The third-order valence-corrected chi connectivity index (χ3v) is 6.09. The van der Waals surface area contributed by atoms with Gasteiger partial charge in [-0.15, -0.1) is 0 Å². The van der Waals surface area contributed by atoms with Crippen molar-refractivity contribution in [3.05, 3.63) is 102 Å². The van der Waals surface area contributed by atoms with Crippen LogP contribution in [0.15, 0.2) is 84.9 Å². The summed E-state index contributed by atoms with van der Waals surface area (Å²) in [7, 11) is 0. The summed E-state index contributed by atoms with van der Waals surface area (Å²) in [6.45, 7) is 4.25. The highest BCUT2D eigenvalue weighted by Gasteiger charge is 2.26. The lowest BCUT2D eigenvalue weighted by molar-refractivity contribution is -0.116. The van der Waals surface area contributed by atoms with Crippen LogP contribution in [-0.4, -0.2) is 59.5 Å². The second-order valence-corrected chi connectivity index (χ2v) is 8.25. The second kappa shape index (κ2) is 10.9. The monoisotopic (exact) mass is 443 g/mol. The summed E-state index contributed by atoms with van der Waals surface area (Å²) in [5, 5.41) is 12.0. The first-order valence-electron chi connectivity index (χ1n) is 11.3. The predicted octanol–water partition coefficient (Wildman–Crippen LogP) is 4.12. The molecule has 0 atom stereocenters. The standard InChI is InChI=1S/C27H29N3O3/c31-25(28-24-14-8-7-13-23(24)27(32)33)15-16-29-17-19-30(20-18-29)26(21-9-3-1-4-10-21)22-11-5-2-6-12-22/h1-14,26H,15-20H2,(H,28,31)(H,32,33). The molecule has 1 amide bonds. The first-order chi connectivity index (χ1) is 16.1. The molecule has 0 aliphatic carbocycles. The van der Waals surface area contributed by atoms with Crippen LogP contribution < -0.4 is 5.32 Å². The minimum atomic E-state index is -1.05. The van der Waals surface area contributed by atoms with Crippen molar-refractivity contribution < 1.29 is 14.7 Å². The van der Waals surface area contributed by atoms with Gasteiger partial charge in [-0.05, 0) is 23.3 Å². The highest BCUT2D eigenvalue weighted by atomic mass is 16.4. The Morgan fingerprint density at radius 1 is 0.788 bits per heavy atom. The topological polar surface area (TPSA) is 72.9 Å². The molecule has 33 heavy (non-hydrogen) atoms. The van der Waals surface area contributed by atoms with Crippen LogP contribution in [-0.2, 0) is 4.79 Å². The Labute approximate surface area is 194 Å². The maximum Gasteiger partial charge on any atom is 0.337 e. The average molecular weight is 444 g/mol. The van der Waals surface area contributed by atoms with E-state index < -0.39 is 5.97 Å². The van der Waals surface area contributed by atoms with Crippen molar-refractivity contribution in [3.63, 3.8) is 0 Å². The molecule has 0 spiro atoms. The number of carboxylic acids is 1. The van der Waals surface area contributed by atoms with Crippen molar-refractivity contribution in [1.82, 2.24) is 9.80 Å². The summed E-state index contributed by atoms with van der Waals surface area (Å²) in [5.74, 6) is -1.22. The van der Waals surface area contributed by atoms with Crippen molar-refractivity contribution in [1.29, 1.82) is 0 Å². The molecule has 1 aliphatic rings. The van der Waals surface area contributed by atoms with Crippen molar-refractivity contribution in [2.75, 3.05) is 38.0 Å². The number of hydrogen-bond donors (Lipinski definition) is 2. The van der Waals surface area contributed by atoms with Crippen LogP contribution >= 0.6 is 0 Å². The van der Waals surface area contributed by atoms with Gasteiger partial charge in [-0.3, -0.25) is 9.69 Å². The van der Waals surface area contributed by atoms with E-state index in [1.165, 1.54) is 17.2 Å². The fraction of sp³-hybridized carbons (Fsp3) is 0.259. The van der Waals surface area contributed by atoms with Gasteiger partial charge in [0, 0.05) is 39.1 Å². The number of aromatic carboxylic acids is 1. The lowest BCUT2D eigenvalue weighted by Crippen LogP contribution is -2.48. The number of nitrogens with one attached hydrogen (secondary N) is 1. The molecule has 3 aromatic carbocycles. The molecule has 0 bridgehead atoms. The molecule has 1 saturated heterocycles. The number of nitrogens with zero attached hydrogens (tertiary/aromatic N) is 2. The molecule has 1 heterocycles. The van der Waals surface area contributed by atoms with Gasteiger partial charge in [0.05, 0.1) is 17.3 Å². The smallest absolute Gasteiger partial charge is 0.337 e. The number of benzene rings is 3. The average Bonchev–Trinajstić information content (AvgIpc) is 2.85. The summed E-state index contributed by atoms with van der Waals surface area (Å²) in [4.78, 5) is 28.6. The largest absolute Gasteiger partial charge is 0.478 e. The number of piperazine rings is 1. The number of para-hydroxylation sites is 1. The zero-order valence-electron chi connectivity index (χ0n) is 18.6. The second-order valence-electron chi connectivity index (χ2n) is 8.25. The summed E-state index contributed by atoms with van der Waals surface area (Å²) in [6.07, 6.45) is 0.328.